The van der Waals surface area contributed by atoms with Gasteiger partial charge in [-0.1, -0.05) is 12.1 Å². The quantitative estimate of drug-likeness (QED) is 0.411. The largest absolute Gasteiger partial charge is 0.469 e. The third kappa shape index (κ3) is 6.42. The summed E-state index contributed by atoms with van der Waals surface area (Å²) in [5, 5.41) is 6.16. The van der Waals surface area contributed by atoms with Crippen molar-refractivity contribution in [2.75, 3.05) is 13.6 Å². The van der Waals surface area contributed by atoms with E-state index in [2.05, 4.69) is 15.6 Å². The number of hydrogen-bond donors (Lipinski definition) is 2. The molecule has 0 aliphatic rings. The van der Waals surface area contributed by atoms with Gasteiger partial charge in [-0.3, -0.25) is 4.99 Å². The summed E-state index contributed by atoms with van der Waals surface area (Å²) in [5.41, 5.74) is 0.0918. The Morgan fingerprint density at radius 2 is 1.83 bits per heavy atom. The molecule has 1 aromatic carbocycles. The van der Waals surface area contributed by atoms with Crippen LogP contribution in [0.15, 0.2) is 52.1 Å². The van der Waals surface area contributed by atoms with Gasteiger partial charge in [0.15, 0.2) is 5.96 Å². The van der Waals surface area contributed by atoms with Crippen LogP contribution in [0.25, 0.3) is 0 Å². The molecule has 0 saturated carbocycles. The molecule has 8 heteroatoms. The number of nitrogens with zero attached hydrogens (tertiary/aromatic N) is 1. The minimum Gasteiger partial charge on any atom is -0.469 e. The molecule has 0 aliphatic carbocycles. The molecule has 0 amide bonds. The molecule has 2 rings (SSSR count). The number of halogens is 4. The van der Waals surface area contributed by atoms with Crippen LogP contribution in [0.5, 0.6) is 0 Å². The first-order chi connectivity index (χ1) is 11.0. The first-order valence-electron chi connectivity index (χ1n) is 7.12. The van der Waals surface area contributed by atoms with Crippen LogP contribution in [-0.4, -0.2) is 19.6 Å². The summed E-state index contributed by atoms with van der Waals surface area (Å²) in [5.74, 6) is 1.45. The van der Waals surface area contributed by atoms with Crippen molar-refractivity contribution >= 4 is 29.9 Å². The topological polar surface area (TPSA) is 49.6 Å². The second kappa shape index (κ2) is 9.55. The lowest BCUT2D eigenvalue weighted by Gasteiger charge is -2.12. The van der Waals surface area contributed by atoms with E-state index in [-0.39, 0.29) is 24.0 Å². The van der Waals surface area contributed by atoms with E-state index >= 15 is 0 Å². The Bertz CT molecular complexity index is 625. The van der Waals surface area contributed by atoms with Crippen LogP contribution in [0.3, 0.4) is 0 Å². The van der Waals surface area contributed by atoms with E-state index in [0.717, 1.165) is 23.5 Å². The predicted octanol–water partition coefficient (Wildman–Crippen LogP) is 3.82. The molecule has 1 aromatic heterocycles. The minimum atomic E-state index is -4.31. The van der Waals surface area contributed by atoms with Crippen molar-refractivity contribution in [1.82, 2.24) is 10.6 Å². The van der Waals surface area contributed by atoms with Crippen LogP contribution in [-0.2, 0) is 19.1 Å². The Kier molecular flexibility index (Phi) is 8.09. The van der Waals surface area contributed by atoms with Gasteiger partial charge in [-0.2, -0.15) is 13.2 Å². The maximum atomic E-state index is 12.5. The molecule has 0 aliphatic heterocycles. The summed E-state index contributed by atoms with van der Waals surface area (Å²) in [6.45, 7) is 1.03. The standard InChI is InChI=1S/C16H18F3N3O.HI/c1-20-15(21-9-8-14-3-2-10-23-14)22-11-12-4-6-13(7-5-12)16(17,18)19;/h2-7,10H,8-9,11H2,1H3,(H2,20,21,22);1H. The van der Waals surface area contributed by atoms with Gasteiger partial charge in [0.1, 0.15) is 5.76 Å². The van der Waals surface area contributed by atoms with Crippen LogP contribution in [0, 0.1) is 0 Å². The number of alkyl halides is 3. The summed E-state index contributed by atoms with van der Waals surface area (Å²) in [7, 11) is 1.63. The number of nitrogens with one attached hydrogen (secondary N) is 2. The fraction of sp³-hybridized carbons (Fsp3) is 0.312. The molecule has 1 heterocycles. The summed E-state index contributed by atoms with van der Waals surface area (Å²) in [6, 6.07) is 8.76. The molecule has 132 valence electrons. The second-order valence-corrected chi connectivity index (χ2v) is 4.88. The van der Waals surface area contributed by atoms with Gasteiger partial charge in [-0.05, 0) is 29.8 Å². The molecule has 0 radical (unpaired) electrons. The average Bonchev–Trinajstić information content (AvgIpc) is 3.03. The molecule has 0 saturated heterocycles. The molecule has 0 fully saturated rings. The average molecular weight is 453 g/mol. The number of aliphatic imine (C=N–C) groups is 1. The lowest BCUT2D eigenvalue weighted by Crippen LogP contribution is -2.37. The van der Waals surface area contributed by atoms with E-state index in [1.54, 1.807) is 13.3 Å². The molecule has 0 bridgehead atoms. The van der Waals surface area contributed by atoms with Crippen molar-refractivity contribution in [3.63, 3.8) is 0 Å². The van der Waals surface area contributed by atoms with Crippen LogP contribution >= 0.6 is 24.0 Å². The highest BCUT2D eigenvalue weighted by Gasteiger charge is 2.29. The van der Waals surface area contributed by atoms with Gasteiger partial charge in [-0.15, -0.1) is 24.0 Å². The van der Waals surface area contributed by atoms with Crippen molar-refractivity contribution in [3.8, 4) is 0 Å². The number of rotatable bonds is 5. The fourth-order valence-electron chi connectivity index (χ4n) is 1.98. The first-order valence-corrected chi connectivity index (χ1v) is 7.12. The molecule has 24 heavy (non-hydrogen) atoms. The van der Waals surface area contributed by atoms with Crippen LogP contribution in [0.2, 0.25) is 0 Å². The Morgan fingerprint density at radius 1 is 1.12 bits per heavy atom. The summed E-state index contributed by atoms with van der Waals surface area (Å²) >= 11 is 0. The lowest BCUT2D eigenvalue weighted by molar-refractivity contribution is -0.137. The number of benzene rings is 1. The normalized spacial score (nSPS) is 11.8. The van der Waals surface area contributed by atoms with Crippen molar-refractivity contribution in [3.05, 3.63) is 59.5 Å². The van der Waals surface area contributed by atoms with E-state index in [1.807, 2.05) is 12.1 Å². The summed E-state index contributed by atoms with van der Waals surface area (Å²) < 4.78 is 42.7. The first kappa shape index (κ1) is 20.3. The highest BCUT2D eigenvalue weighted by atomic mass is 127. The third-order valence-corrected chi connectivity index (χ3v) is 3.21. The van der Waals surface area contributed by atoms with E-state index in [1.165, 1.54) is 12.1 Å². The molecule has 0 spiro atoms. The third-order valence-electron chi connectivity index (χ3n) is 3.21. The molecule has 2 aromatic rings. The van der Waals surface area contributed by atoms with Gasteiger partial charge in [0.05, 0.1) is 11.8 Å². The Balaban J connectivity index is 0.00000288. The van der Waals surface area contributed by atoms with Crippen LogP contribution in [0.1, 0.15) is 16.9 Å². The van der Waals surface area contributed by atoms with Gasteiger partial charge in [-0.25, -0.2) is 0 Å². The zero-order valence-corrected chi connectivity index (χ0v) is 15.4. The lowest BCUT2D eigenvalue weighted by atomic mass is 10.1. The maximum absolute atomic E-state index is 12.5. The SMILES string of the molecule is CN=C(NCCc1ccco1)NCc1ccc(C(F)(F)F)cc1.I. The number of guanidine groups is 1. The van der Waals surface area contributed by atoms with Crippen molar-refractivity contribution < 1.29 is 17.6 Å². The van der Waals surface area contributed by atoms with E-state index in [0.29, 0.717) is 25.5 Å². The molecule has 2 N–H and O–H groups in total. The number of hydrogen-bond acceptors (Lipinski definition) is 2. The summed E-state index contributed by atoms with van der Waals surface area (Å²) in [6.07, 6.45) is -1.98. The molecule has 0 unspecified atom stereocenters. The van der Waals surface area contributed by atoms with Gasteiger partial charge >= 0.3 is 6.18 Å². The van der Waals surface area contributed by atoms with E-state index in [4.69, 9.17) is 4.42 Å². The minimum absolute atomic E-state index is 0. The zero-order valence-electron chi connectivity index (χ0n) is 13.1. The zero-order chi connectivity index (χ0) is 16.7. The molecule has 0 atom stereocenters. The molecular weight excluding hydrogens is 434 g/mol. The summed E-state index contributed by atoms with van der Waals surface area (Å²) in [4.78, 5) is 4.06. The Morgan fingerprint density at radius 3 is 2.38 bits per heavy atom. The maximum Gasteiger partial charge on any atom is 0.416 e. The van der Waals surface area contributed by atoms with Crippen molar-refractivity contribution in [2.24, 2.45) is 4.99 Å². The number of furan rings is 1. The second-order valence-electron chi connectivity index (χ2n) is 4.88. The van der Waals surface area contributed by atoms with Gasteiger partial charge in [0.2, 0.25) is 0 Å². The fourth-order valence-corrected chi connectivity index (χ4v) is 1.98. The van der Waals surface area contributed by atoms with Crippen LogP contribution < -0.4 is 10.6 Å². The monoisotopic (exact) mass is 453 g/mol. The van der Waals surface area contributed by atoms with Crippen molar-refractivity contribution in [1.29, 1.82) is 0 Å². The van der Waals surface area contributed by atoms with Crippen LogP contribution in [0.4, 0.5) is 13.2 Å². The molecular formula is C16H19F3IN3O. The highest BCUT2D eigenvalue weighted by molar-refractivity contribution is 14.0. The predicted molar refractivity (Wildman–Crippen MR) is 97.5 cm³/mol. The van der Waals surface area contributed by atoms with Gasteiger partial charge in [0, 0.05) is 26.6 Å². The Hall–Kier alpha value is -1.71. The Labute approximate surface area is 155 Å². The van der Waals surface area contributed by atoms with Gasteiger partial charge in [0.25, 0.3) is 0 Å². The van der Waals surface area contributed by atoms with Crippen molar-refractivity contribution in [2.45, 2.75) is 19.1 Å². The highest BCUT2D eigenvalue weighted by Crippen LogP contribution is 2.28. The smallest absolute Gasteiger partial charge is 0.416 e. The van der Waals surface area contributed by atoms with Gasteiger partial charge < -0.3 is 15.1 Å². The van der Waals surface area contributed by atoms with E-state index < -0.39 is 11.7 Å². The van der Waals surface area contributed by atoms with E-state index in [9.17, 15) is 13.2 Å². The molecule has 4 nitrogen and oxygen atoms in total.